The van der Waals surface area contributed by atoms with Crippen LogP contribution < -0.4 is 16.0 Å². The van der Waals surface area contributed by atoms with E-state index in [0.717, 1.165) is 0 Å². The minimum Gasteiger partial charge on any atom is -0.380 e. The largest absolute Gasteiger partial charge is 0.380 e. The van der Waals surface area contributed by atoms with Gasteiger partial charge in [-0.25, -0.2) is 0 Å². The Kier molecular flexibility index (Phi) is 5.30. The molecule has 3 N–H and O–H groups in total. The van der Waals surface area contributed by atoms with Gasteiger partial charge in [0.1, 0.15) is 0 Å². The van der Waals surface area contributed by atoms with Gasteiger partial charge in [-0.3, -0.25) is 9.59 Å². The van der Waals surface area contributed by atoms with Gasteiger partial charge < -0.3 is 20.7 Å². The third kappa shape index (κ3) is 4.03. The second-order valence-electron chi connectivity index (χ2n) is 4.98. The Labute approximate surface area is 124 Å². The number of methoxy groups -OCH3 is 1. The third-order valence-corrected chi connectivity index (χ3v) is 3.49. The van der Waals surface area contributed by atoms with Crippen LogP contribution in [0.5, 0.6) is 0 Å². The maximum absolute atomic E-state index is 12.1. The minimum atomic E-state index is -0.238. The van der Waals surface area contributed by atoms with Gasteiger partial charge in [-0.1, -0.05) is 0 Å². The van der Waals surface area contributed by atoms with Crippen molar-refractivity contribution in [2.24, 2.45) is 0 Å². The minimum absolute atomic E-state index is 0.0830. The summed E-state index contributed by atoms with van der Waals surface area (Å²) in [5.74, 6) is -0.198. The summed E-state index contributed by atoms with van der Waals surface area (Å²) in [4.78, 5) is 23.7. The lowest BCUT2D eigenvalue weighted by molar-refractivity contribution is -0.118. The van der Waals surface area contributed by atoms with Crippen molar-refractivity contribution in [2.45, 2.75) is 25.5 Å². The highest BCUT2D eigenvalue weighted by molar-refractivity contribution is 5.97. The topological polar surface area (TPSA) is 79.5 Å². The fraction of sp³-hybridized carbons (Fsp3) is 0.467. The van der Waals surface area contributed by atoms with Crippen molar-refractivity contribution in [3.05, 3.63) is 29.8 Å². The number of anilines is 1. The first-order valence-electron chi connectivity index (χ1n) is 7.09. The molecule has 2 atom stereocenters. The van der Waals surface area contributed by atoms with E-state index in [-0.39, 0.29) is 24.0 Å². The Bertz CT molecular complexity index is 501. The molecule has 6 nitrogen and oxygen atoms in total. The van der Waals surface area contributed by atoms with Crippen LogP contribution in [-0.4, -0.2) is 44.2 Å². The highest BCUT2D eigenvalue weighted by Gasteiger charge is 2.29. The lowest BCUT2D eigenvalue weighted by Gasteiger charge is -2.11. The summed E-state index contributed by atoms with van der Waals surface area (Å²) in [6.45, 7) is 3.14. The first kappa shape index (κ1) is 15.5. The molecule has 2 rings (SSSR count). The monoisotopic (exact) mass is 291 g/mol. The summed E-state index contributed by atoms with van der Waals surface area (Å²) in [6, 6.07) is 6.61. The summed E-state index contributed by atoms with van der Waals surface area (Å²) in [5.41, 5.74) is 1.25. The number of ether oxygens (including phenoxy) is 1. The van der Waals surface area contributed by atoms with Crippen molar-refractivity contribution >= 4 is 17.5 Å². The van der Waals surface area contributed by atoms with Gasteiger partial charge in [0.25, 0.3) is 5.91 Å². The van der Waals surface area contributed by atoms with E-state index in [9.17, 15) is 9.59 Å². The summed E-state index contributed by atoms with van der Waals surface area (Å²) < 4.78 is 5.22. The van der Waals surface area contributed by atoms with Crippen LogP contribution in [0.15, 0.2) is 24.3 Å². The number of rotatable bonds is 5. The fourth-order valence-electron chi connectivity index (χ4n) is 2.28. The fourth-order valence-corrected chi connectivity index (χ4v) is 2.28. The predicted molar refractivity (Wildman–Crippen MR) is 80.3 cm³/mol. The van der Waals surface area contributed by atoms with E-state index in [0.29, 0.717) is 30.8 Å². The highest BCUT2D eigenvalue weighted by Crippen LogP contribution is 2.14. The van der Waals surface area contributed by atoms with E-state index in [4.69, 9.17) is 4.74 Å². The molecule has 0 radical (unpaired) electrons. The zero-order chi connectivity index (χ0) is 15.2. The van der Waals surface area contributed by atoms with E-state index in [1.165, 1.54) is 0 Å². The summed E-state index contributed by atoms with van der Waals surface area (Å²) in [6.07, 6.45) is 0.750. The smallest absolute Gasteiger partial charge is 0.251 e. The second kappa shape index (κ2) is 7.19. The normalized spacial score (nSPS) is 21.0. The number of carbonyl (C=O) groups excluding carboxylic acids is 2. The molecule has 1 heterocycles. The van der Waals surface area contributed by atoms with Crippen LogP contribution in [-0.2, 0) is 9.53 Å². The first-order chi connectivity index (χ1) is 10.1. The van der Waals surface area contributed by atoms with Gasteiger partial charge in [0.15, 0.2) is 0 Å². The molecule has 1 saturated heterocycles. The third-order valence-electron chi connectivity index (χ3n) is 3.49. The molecule has 114 valence electrons. The number of benzene rings is 1. The maximum Gasteiger partial charge on any atom is 0.251 e. The quantitative estimate of drug-likeness (QED) is 0.748. The molecule has 0 spiro atoms. The molecule has 0 saturated carbocycles. The van der Waals surface area contributed by atoms with Crippen molar-refractivity contribution in [1.29, 1.82) is 0 Å². The average Bonchev–Trinajstić information content (AvgIpc) is 2.97. The van der Waals surface area contributed by atoms with Crippen molar-refractivity contribution in [2.75, 3.05) is 25.5 Å². The van der Waals surface area contributed by atoms with Crippen molar-refractivity contribution in [3.8, 4) is 0 Å². The van der Waals surface area contributed by atoms with Crippen LogP contribution in [0.4, 0.5) is 5.69 Å². The molecule has 1 aromatic rings. The summed E-state index contributed by atoms with van der Waals surface area (Å²) >= 11 is 0. The first-order valence-corrected chi connectivity index (χ1v) is 7.09. The standard InChI is InChI=1S/C15H21N3O3/c1-3-16-14(19)10-4-6-11(7-5-10)18-15(20)13-8-12(21-2)9-17-13/h4-7,12-13,17H,3,8-9H2,1-2H3,(H,16,19)(H,18,20). The molecule has 1 aliphatic heterocycles. The van der Waals surface area contributed by atoms with Crippen molar-refractivity contribution in [3.63, 3.8) is 0 Å². The van der Waals surface area contributed by atoms with Crippen LogP contribution in [0.2, 0.25) is 0 Å². The molecule has 21 heavy (non-hydrogen) atoms. The average molecular weight is 291 g/mol. The van der Waals surface area contributed by atoms with E-state index >= 15 is 0 Å². The summed E-state index contributed by atoms with van der Waals surface area (Å²) in [7, 11) is 1.65. The molecule has 1 aliphatic rings. The Morgan fingerprint density at radius 2 is 2.05 bits per heavy atom. The van der Waals surface area contributed by atoms with Gasteiger partial charge in [-0.15, -0.1) is 0 Å². The van der Waals surface area contributed by atoms with E-state index in [1.54, 1.807) is 31.4 Å². The molecular formula is C15H21N3O3. The number of nitrogens with one attached hydrogen (secondary N) is 3. The zero-order valence-electron chi connectivity index (χ0n) is 12.3. The van der Waals surface area contributed by atoms with E-state index < -0.39 is 0 Å². The second-order valence-corrected chi connectivity index (χ2v) is 4.98. The molecule has 1 fully saturated rings. The molecule has 0 aromatic heterocycles. The molecule has 6 heteroatoms. The van der Waals surface area contributed by atoms with Crippen LogP contribution >= 0.6 is 0 Å². The molecule has 2 unspecified atom stereocenters. The van der Waals surface area contributed by atoms with E-state index in [2.05, 4.69) is 16.0 Å². The molecule has 0 aliphatic carbocycles. The Morgan fingerprint density at radius 1 is 1.33 bits per heavy atom. The van der Waals surface area contributed by atoms with Gasteiger partial charge in [0, 0.05) is 31.5 Å². The van der Waals surface area contributed by atoms with Crippen LogP contribution in [0, 0.1) is 0 Å². The highest BCUT2D eigenvalue weighted by atomic mass is 16.5. The molecule has 2 amide bonds. The summed E-state index contributed by atoms with van der Waals surface area (Å²) in [5, 5.41) is 8.69. The van der Waals surface area contributed by atoms with Gasteiger partial charge >= 0.3 is 0 Å². The van der Waals surface area contributed by atoms with Crippen molar-refractivity contribution in [1.82, 2.24) is 10.6 Å². The number of hydrogen-bond donors (Lipinski definition) is 3. The Morgan fingerprint density at radius 3 is 2.62 bits per heavy atom. The number of carbonyl (C=O) groups is 2. The number of hydrogen-bond acceptors (Lipinski definition) is 4. The lowest BCUT2D eigenvalue weighted by atomic mass is 10.1. The maximum atomic E-state index is 12.1. The number of amides is 2. The molecule has 1 aromatic carbocycles. The SMILES string of the molecule is CCNC(=O)c1ccc(NC(=O)C2CC(OC)CN2)cc1. The molecule has 0 bridgehead atoms. The Hall–Kier alpha value is -1.92. The van der Waals surface area contributed by atoms with Gasteiger partial charge in [0.2, 0.25) is 5.91 Å². The van der Waals surface area contributed by atoms with Crippen LogP contribution in [0.3, 0.4) is 0 Å². The van der Waals surface area contributed by atoms with Gasteiger partial charge in [-0.2, -0.15) is 0 Å². The Balaban J connectivity index is 1.91. The molecular weight excluding hydrogens is 270 g/mol. The van der Waals surface area contributed by atoms with E-state index in [1.807, 2.05) is 6.92 Å². The predicted octanol–water partition coefficient (Wildman–Crippen LogP) is 0.752. The lowest BCUT2D eigenvalue weighted by Crippen LogP contribution is -2.35. The van der Waals surface area contributed by atoms with Gasteiger partial charge in [-0.05, 0) is 37.6 Å². The van der Waals surface area contributed by atoms with Crippen molar-refractivity contribution < 1.29 is 14.3 Å². The van der Waals surface area contributed by atoms with Crippen LogP contribution in [0.25, 0.3) is 0 Å². The zero-order valence-corrected chi connectivity index (χ0v) is 12.3. The van der Waals surface area contributed by atoms with Gasteiger partial charge in [0.05, 0.1) is 12.1 Å². The van der Waals surface area contributed by atoms with Crippen LogP contribution in [0.1, 0.15) is 23.7 Å².